The first-order valence-corrected chi connectivity index (χ1v) is 9.56. The van der Waals surface area contributed by atoms with Crippen molar-refractivity contribution in [3.63, 3.8) is 0 Å². The molecule has 1 aromatic heterocycles. The lowest BCUT2D eigenvalue weighted by Crippen LogP contribution is -2.37. The molecule has 0 spiro atoms. The number of phenolic OH excluding ortho intramolecular Hbond substituents is 1. The Labute approximate surface area is 169 Å². The number of nitrogens with zero attached hydrogens (tertiary/aromatic N) is 4. The molecule has 0 bridgehead atoms. The van der Waals surface area contributed by atoms with Crippen LogP contribution in [0.3, 0.4) is 0 Å². The summed E-state index contributed by atoms with van der Waals surface area (Å²) in [6.07, 6.45) is 0. The highest BCUT2D eigenvalue weighted by molar-refractivity contribution is 5.62. The normalized spacial score (nSPS) is 13.9. The molecule has 0 radical (unpaired) electrons. The highest BCUT2D eigenvalue weighted by Gasteiger charge is 2.17. The van der Waals surface area contributed by atoms with Gasteiger partial charge in [0, 0.05) is 24.5 Å². The van der Waals surface area contributed by atoms with Crippen molar-refractivity contribution >= 4 is 29.2 Å². The summed E-state index contributed by atoms with van der Waals surface area (Å²) in [6, 6.07) is 13.0. The van der Waals surface area contributed by atoms with Crippen molar-refractivity contribution in [2.45, 2.75) is 13.8 Å². The van der Waals surface area contributed by atoms with Gasteiger partial charge in [0.2, 0.25) is 17.8 Å². The van der Waals surface area contributed by atoms with E-state index >= 15 is 0 Å². The van der Waals surface area contributed by atoms with E-state index in [4.69, 9.17) is 4.74 Å². The zero-order valence-corrected chi connectivity index (χ0v) is 16.5. The zero-order chi connectivity index (χ0) is 20.2. The summed E-state index contributed by atoms with van der Waals surface area (Å²) in [5.74, 6) is 1.70. The van der Waals surface area contributed by atoms with Crippen LogP contribution >= 0.6 is 0 Å². The molecule has 0 saturated carbocycles. The Balaban J connectivity index is 1.67. The molecule has 1 aliphatic rings. The van der Waals surface area contributed by atoms with Crippen molar-refractivity contribution in [2.24, 2.45) is 0 Å². The van der Waals surface area contributed by atoms with Gasteiger partial charge in [-0.2, -0.15) is 15.0 Å². The van der Waals surface area contributed by atoms with Gasteiger partial charge >= 0.3 is 0 Å². The van der Waals surface area contributed by atoms with E-state index in [1.807, 2.05) is 6.92 Å². The van der Waals surface area contributed by atoms with Gasteiger partial charge in [-0.05, 0) is 55.3 Å². The molecule has 150 valence electrons. The van der Waals surface area contributed by atoms with Gasteiger partial charge in [-0.3, -0.25) is 0 Å². The Kier molecular flexibility index (Phi) is 5.44. The number of nitrogens with one attached hydrogen (secondary N) is 2. The average molecular weight is 392 g/mol. The van der Waals surface area contributed by atoms with Gasteiger partial charge in [0.05, 0.1) is 13.2 Å². The monoisotopic (exact) mass is 392 g/mol. The first kappa shape index (κ1) is 18.9. The predicted molar refractivity (Wildman–Crippen MR) is 113 cm³/mol. The Morgan fingerprint density at radius 3 is 2.31 bits per heavy atom. The Morgan fingerprint density at radius 2 is 1.59 bits per heavy atom. The number of phenols is 1. The topological polar surface area (TPSA) is 95.4 Å². The Bertz CT molecular complexity index is 987. The third kappa shape index (κ3) is 4.72. The molecule has 0 amide bonds. The van der Waals surface area contributed by atoms with Crippen LogP contribution in [-0.4, -0.2) is 46.4 Å². The number of hydrogen-bond donors (Lipinski definition) is 3. The number of morpholine rings is 1. The van der Waals surface area contributed by atoms with E-state index in [1.54, 1.807) is 24.3 Å². The van der Waals surface area contributed by atoms with Crippen LogP contribution in [-0.2, 0) is 4.74 Å². The average Bonchev–Trinajstić information content (AvgIpc) is 2.73. The second kappa shape index (κ2) is 8.32. The van der Waals surface area contributed by atoms with Crippen LogP contribution in [0.4, 0.5) is 29.2 Å². The van der Waals surface area contributed by atoms with Crippen LogP contribution in [0, 0.1) is 13.8 Å². The molecule has 1 aliphatic heterocycles. The summed E-state index contributed by atoms with van der Waals surface area (Å²) in [7, 11) is 0. The highest BCUT2D eigenvalue weighted by Crippen LogP contribution is 2.24. The molecule has 1 saturated heterocycles. The van der Waals surface area contributed by atoms with Crippen LogP contribution in [0.15, 0.2) is 42.5 Å². The minimum Gasteiger partial charge on any atom is -0.508 e. The maximum Gasteiger partial charge on any atom is 0.233 e. The molecular weight excluding hydrogens is 368 g/mol. The lowest BCUT2D eigenvalue weighted by molar-refractivity contribution is 0.122. The maximum absolute atomic E-state index is 9.50. The number of aromatic hydroxyl groups is 1. The Morgan fingerprint density at radius 1 is 0.897 bits per heavy atom. The number of aromatic nitrogens is 3. The number of ether oxygens (including phenoxy) is 1. The second-order valence-electron chi connectivity index (χ2n) is 7.00. The summed E-state index contributed by atoms with van der Waals surface area (Å²) >= 11 is 0. The summed E-state index contributed by atoms with van der Waals surface area (Å²) in [5, 5.41) is 16.0. The van der Waals surface area contributed by atoms with Gasteiger partial charge in [-0.15, -0.1) is 0 Å². The van der Waals surface area contributed by atoms with E-state index < -0.39 is 0 Å². The number of anilines is 5. The van der Waals surface area contributed by atoms with Crippen LogP contribution < -0.4 is 15.5 Å². The molecule has 2 heterocycles. The summed E-state index contributed by atoms with van der Waals surface area (Å²) in [6.45, 7) is 6.84. The first-order chi connectivity index (χ1) is 14.1. The Hall–Kier alpha value is -3.39. The van der Waals surface area contributed by atoms with Gasteiger partial charge in [0.15, 0.2) is 0 Å². The summed E-state index contributed by atoms with van der Waals surface area (Å²) in [5.41, 5.74) is 4.00. The first-order valence-electron chi connectivity index (χ1n) is 9.56. The van der Waals surface area contributed by atoms with Crippen LogP contribution in [0.2, 0.25) is 0 Å². The molecule has 1 fully saturated rings. The van der Waals surface area contributed by atoms with E-state index in [9.17, 15) is 5.11 Å². The van der Waals surface area contributed by atoms with E-state index in [0.29, 0.717) is 31.1 Å². The van der Waals surface area contributed by atoms with E-state index in [1.165, 1.54) is 0 Å². The van der Waals surface area contributed by atoms with Gasteiger partial charge in [0.25, 0.3) is 0 Å². The summed E-state index contributed by atoms with van der Waals surface area (Å²) in [4.78, 5) is 15.9. The molecule has 8 heteroatoms. The molecule has 4 rings (SSSR count). The smallest absolute Gasteiger partial charge is 0.233 e. The van der Waals surface area contributed by atoms with Gasteiger partial charge in [-0.25, -0.2) is 0 Å². The van der Waals surface area contributed by atoms with Gasteiger partial charge in [0.1, 0.15) is 5.75 Å². The molecule has 8 nitrogen and oxygen atoms in total. The van der Waals surface area contributed by atoms with Gasteiger partial charge < -0.3 is 25.4 Å². The molecule has 2 aromatic carbocycles. The number of hydrogen-bond acceptors (Lipinski definition) is 8. The van der Waals surface area contributed by atoms with Crippen molar-refractivity contribution in [1.29, 1.82) is 0 Å². The number of aryl methyl sites for hydroxylation is 2. The lowest BCUT2D eigenvalue weighted by Gasteiger charge is -2.27. The van der Waals surface area contributed by atoms with Gasteiger partial charge in [-0.1, -0.05) is 12.1 Å². The third-order valence-corrected chi connectivity index (χ3v) is 4.68. The quantitative estimate of drug-likeness (QED) is 0.568. The van der Waals surface area contributed by atoms with E-state index in [-0.39, 0.29) is 5.75 Å². The largest absolute Gasteiger partial charge is 0.508 e. The molecule has 3 aromatic rings. The molecule has 29 heavy (non-hydrogen) atoms. The van der Waals surface area contributed by atoms with Crippen LogP contribution in [0.25, 0.3) is 0 Å². The fraction of sp³-hybridized carbons (Fsp3) is 0.286. The standard InChI is InChI=1S/C21H24N6O2/c1-14-3-4-15(2)18(13-14)23-20-24-19(22-16-5-7-17(28)8-6-16)25-21(26-20)27-9-11-29-12-10-27/h3-8,13,28H,9-12H2,1-2H3,(H2,22,23,24,25,26). The predicted octanol–water partition coefficient (Wildman–Crippen LogP) is 3.52. The lowest BCUT2D eigenvalue weighted by atomic mass is 10.1. The SMILES string of the molecule is Cc1ccc(C)c(Nc2nc(Nc3ccc(O)cc3)nc(N3CCOCC3)n2)c1. The summed E-state index contributed by atoms with van der Waals surface area (Å²) < 4.78 is 5.45. The third-order valence-electron chi connectivity index (χ3n) is 4.68. The minimum atomic E-state index is 0.206. The second-order valence-corrected chi connectivity index (χ2v) is 7.00. The highest BCUT2D eigenvalue weighted by atomic mass is 16.5. The number of rotatable bonds is 5. The molecule has 3 N–H and O–H groups in total. The minimum absolute atomic E-state index is 0.206. The molecular formula is C21H24N6O2. The number of benzene rings is 2. The van der Waals surface area contributed by atoms with E-state index in [0.717, 1.165) is 35.6 Å². The fourth-order valence-electron chi connectivity index (χ4n) is 3.05. The van der Waals surface area contributed by atoms with E-state index in [2.05, 4.69) is 55.6 Å². The van der Waals surface area contributed by atoms with Crippen LogP contribution in [0.1, 0.15) is 11.1 Å². The zero-order valence-electron chi connectivity index (χ0n) is 16.5. The van der Waals surface area contributed by atoms with Crippen molar-refractivity contribution in [2.75, 3.05) is 41.8 Å². The van der Waals surface area contributed by atoms with Crippen molar-refractivity contribution in [3.8, 4) is 5.75 Å². The molecule has 0 atom stereocenters. The van der Waals surface area contributed by atoms with Crippen molar-refractivity contribution < 1.29 is 9.84 Å². The van der Waals surface area contributed by atoms with Crippen molar-refractivity contribution in [3.05, 3.63) is 53.6 Å². The molecule has 0 aliphatic carbocycles. The fourth-order valence-corrected chi connectivity index (χ4v) is 3.05. The van der Waals surface area contributed by atoms with Crippen LogP contribution in [0.5, 0.6) is 5.75 Å². The molecule has 0 unspecified atom stereocenters. The maximum atomic E-state index is 9.50. The van der Waals surface area contributed by atoms with Crippen molar-refractivity contribution in [1.82, 2.24) is 15.0 Å².